The lowest BCUT2D eigenvalue weighted by Gasteiger charge is -2.37. The summed E-state index contributed by atoms with van der Waals surface area (Å²) in [7, 11) is 2.25. The van der Waals surface area contributed by atoms with Crippen molar-refractivity contribution in [3.63, 3.8) is 0 Å². The number of nitrogens with two attached hydrogens (primary N) is 1. The minimum atomic E-state index is 0.182. The van der Waals surface area contributed by atoms with Crippen molar-refractivity contribution in [2.45, 2.75) is 62.9 Å². The predicted octanol–water partition coefficient (Wildman–Crippen LogP) is 2.13. The van der Waals surface area contributed by atoms with E-state index in [9.17, 15) is 0 Å². The topological polar surface area (TPSA) is 29.3 Å². The lowest BCUT2D eigenvalue weighted by molar-refractivity contribution is 0.198. The molecule has 0 aromatic carbocycles. The molecule has 14 heavy (non-hydrogen) atoms. The van der Waals surface area contributed by atoms with Crippen LogP contribution in [0.2, 0.25) is 0 Å². The average Bonchev–Trinajstić information content (AvgIpc) is 2.52. The van der Waals surface area contributed by atoms with E-state index in [4.69, 9.17) is 5.73 Å². The van der Waals surface area contributed by atoms with Crippen molar-refractivity contribution in [2.24, 2.45) is 5.73 Å². The Morgan fingerprint density at radius 1 is 1.21 bits per heavy atom. The number of hydrogen-bond donors (Lipinski definition) is 1. The van der Waals surface area contributed by atoms with Crippen molar-refractivity contribution in [3.05, 3.63) is 0 Å². The molecule has 1 heterocycles. The molecule has 0 aromatic heterocycles. The van der Waals surface area contributed by atoms with Crippen LogP contribution in [0.25, 0.3) is 0 Å². The van der Waals surface area contributed by atoms with Crippen LogP contribution in [0.5, 0.6) is 0 Å². The maximum absolute atomic E-state index is 6.47. The smallest absolute Gasteiger partial charge is 0.0169 e. The van der Waals surface area contributed by atoms with E-state index in [0.29, 0.717) is 0 Å². The molecule has 2 N–H and O–H groups in total. The fourth-order valence-corrected chi connectivity index (χ4v) is 3.17. The van der Waals surface area contributed by atoms with Gasteiger partial charge in [0, 0.05) is 11.6 Å². The molecule has 1 unspecified atom stereocenters. The van der Waals surface area contributed by atoms with E-state index in [1.165, 1.54) is 57.9 Å². The molecule has 0 bridgehead atoms. The van der Waals surface area contributed by atoms with E-state index in [2.05, 4.69) is 11.9 Å². The number of hydrogen-bond acceptors (Lipinski definition) is 2. The third-order valence-corrected chi connectivity index (χ3v) is 4.16. The van der Waals surface area contributed by atoms with Crippen LogP contribution in [0, 0.1) is 0 Å². The Labute approximate surface area is 87.8 Å². The quantitative estimate of drug-likeness (QED) is 0.733. The molecule has 2 fully saturated rings. The predicted molar refractivity (Wildman–Crippen MR) is 60.3 cm³/mol. The van der Waals surface area contributed by atoms with Gasteiger partial charge in [-0.15, -0.1) is 0 Å². The van der Waals surface area contributed by atoms with Crippen LogP contribution in [0.15, 0.2) is 0 Å². The standard InChI is InChI=1S/C12H24N2/c1-14-9-5-6-11(14)10-12(13)7-3-2-4-8-12/h11H,2-10,13H2,1H3. The first kappa shape index (κ1) is 10.4. The minimum Gasteiger partial charge on any atom is -0.325 e. The van der Waals surface area contributed by atoms with E-state index in [0.717, 1.165) is 6.04 Å². The van der Waals surface area contributed by atoms with Crippen molar-refractivity contribution in [1.29, 1.82) is 0 Å². The zero-order valence-electron chi connectivity index (χ0n) is 9.47. The van der Waals surface area contributed by atoms with Gasteiger partial charge in [0.25, 0.3) is 0 Å². The number of rotatable bonds is 2. The van der Waals surface area contributed by atoms with E-state index >= 15 is 0 Å². The van der Waals surface area contributed by atoms with Crippen molar-refractivity contribution < 1.29 is 0 Å². The minimum absolute atomic E-state index is 0.182. The molecule has 2 rings (SSSR count). The third kappa shape index (κ3) is 2.29. The lowest BCUT2D eigenvalue weighted by Crippen LogP contribution is -2.46. The highest BCUT2D eigenvalue weighted by Crippen LogP contribution is 2.33. The van der Waals surface area contributed by atoms with E-state index in [1.54, 1.807) is 0 Å². The van der Waals surface area contributed by atoms with E-state index < -0.39 is 0 Å². The summed E-state index contributed by atoms with van der Waals surface area (Å²) in [6.45, 7) is 1.28. The number of likely N-dealkylation sites (tertiary alicyclic amines) is 1. The Hall–Kier alpha value is -0.0800. The molecule has 1 aliphatic carbocycles. The maximum Gasteiger partial charge on any atom is 0.0169 e. The Kier molecular flexibility index (Phi) is 3.13. The van der Waals surface area contributed by atoms with Crippen molar-refractivity contribution in [3.8, 4) is 0 Å². The highest BCUT2D eigenvalue weighted by Gasteiger charge is 2.33. The molecule has 1 aliphatic heterocycles. The van der Waals surface area contributed by atoms with Gasteiger partial charge in [-0.3, -0.25) is 0 Å². The Morgan fingerprint density at radius 3 is 2.50 bits per heavy atom. The lowest BCUT2D eigenvalue weighted by atomic mass is 9.78. The van der Waals surface area contributed by atoms with Gasteiger partial charge < -0.3 is 10.6 Å². The van der Waals surface area contributed by atoms with Gasteiger partial charge in [0.1, 0.15) is 0 Å². The summed E-state index contributed by atoms with van der Waals surface area (Å²) in [5, 5.41) is 0. The van der Waals surface area contributed by atoms with E-state index in [-0.39, 0.29) is 5.54 Å². The van der Waals surface area contributed by atoms with Crippen molar-refractivity contribution in [2.75, 3.05) is 13.6 Å². The summed E-state index contributed by atoms with van der Waals surface area (Å²) in [4.78, 5) is 2.50. The SMILES string of the molecule is CN1CCCC1CC1(N)CCCCC1. The Bertz CT molecular complexity index is 185. The average molecular weight is 196 g/mol. The third-order valence-electron chi connectivity index (χ3n) is 4.16. The van der Waals surface area contributed by atoms with Crippen LogP contribution in [0.3, 0.4) is 0 Å². The summed E-state index contributed by atoms with van der Waals surface area (Å²) in [5.41, 5.74) is 6.66. The molecular weight excluding hydrogens is 172 g/mol. The second-order valence-corrected chi connectivity index (χ2v) is 5.40. The van der Waals surface area contributed by atoms with Crippen molar-refractivity contribution in [1.82, 2.24) is 4.90 Å². The second kappa shape index (κ2) is 4.19. The van der Waals surface area contributed by atoms with Crippen LogP contribution in [0.4, 0.5) is 0 Å². The van der Waals surface area contributed by atoms with Gasteiger partial charge in [-0.25, -0.2) is 0 Å². The van der Waals surface area contributed by atoms with Gasteiger partial charge in [-0.05, 0) is 45.7 Å². The fraction of sp³-hybridized carbons (Fsp3) is 1.00. The first-order valence-corrected chi connectivity index (χ1v) is 6.19. The second-order valence-electron chi connectivity index (χ2n) is 5.40. The van der Waals surface area contributed by atoms with E-state index in [1.807, 2.05) is 0 Å². The molecule has 2 heteroatoms. The molecule has 1 saturated heterocycles. The molecule has 2 aliphatic rings. The van der Waals surface area contributed by atoms with Gasteiger partial charge in [0.15, 0.2) is 0 Å². The summed E-state index contributed by atoms with van der Waals surface area (Å²) >= 11 is 0. The monoisotopic (exact) mass is 196 g/mol. The van der Waals surface area contributed by atoms with Crippen LogP contribution < -0.4 is 5.73 Å². The summed E-state index contributed by atoms with van der Waals surface area (Å²) in [6, 6.07) is 0.776. The van der Waals surface area contributed by atoms with Gasteiger partial charge >= 0.3 is 0 Å². The molecule has 0 radical (unpaired) electrons. The van der Waals surface area contributed by atoms with Crippen LogP contribution >= 0.6 is 0 Å². The fourth-order valence-electron chi connectivity index (χ4n) is 3.17. The highest BCUT2D eigenvalue weighted by atomic mass is 15.1. The molecule has 82 valence electrons. The normalized spacial score (nSPS) is 33.4. The largest absolute Gasteiger partial charge is 0.325 e. The zero-order chi connectivity index (χ0) is 10.0. The van der Waals surface area contributed by atoms with Crippen LogP contribution in [0.1, 0.15) is 51.4 Å². The molecule has 0 aromatic rings. The summed E-state index contributed by atoms with van der Waals surface area (Å²) in [6.07, 6.45) is 10.6. The molecule has 1 saturated carbocycles. The number of nitrogens with zero attached hydrogens (tertiary/aromatic N) is 1. The summed E-state index contributed by atoms with van der Waals surface area (Å²) < 4.78 is 0. The first-order valence-electron chi connectivity index (χ1n) is 6.19. The molecular formula is C12H24N2. The van der Waals surface area contributed by atoms with Crippen LogP contribution in [-0.2, 0) is 0 Å². The van der Waals surface area contributed by atoms with Crippen molar-refractivity contribution >= 4 is 0 Å². The van der Waals surface area contributed by atoms with Gasteiger partial charge in [0.05, 0.1) is 0 Å². The Morgan fingerprint density at radius 2 is 1.93 bits per heavy atom. The van der Waals surface area contributed by atoms with Crippen LogP contribution in [-0.4, -0.2) is 30.1 Å². The Balaban J connectivity index is 1.88. The molecule has 1 atom stereocenters. The van der Waals surface area contributed by atoms with Gasteiger partial charge in [0.2, 0.25) is 0 Å². The zero-order valence-corrected chi connectivity index (χ0v) is 9.47. The molecule has 0 amide bonds. The van der Waals surface area contributed by atoms with Gasteiger partial charge in [-0.2, -0.15) is 0 Å². The highest BCUT2D eigenvalue weighted by molar-refractivity contribution is 4.93. The molecule has 0 spiro atoms. The van der Waals surface area contributed by atoms with Gasteiger partial charge in [-0.1, -0.05) is 19.3 Å². The maximum atomic E-state index is 6.47. The first-order chi connectivity index (χ1) is 6.70. The summed E-state index contributed by atoms with van der Waals surface area (Å²) in [5.74, 6) is 0. The molecule has 2 nitrogen and oxygen atoms in total.